The highest BCUT2D eigenvalue weighted by molar-refractivity contribution is 7.26. The Hall–Kier alpha value is -3.90. The summed E-state index contributed by atoms with van der Waals surface area (Å²) in [6.07, 6.45) is 0. The lowest BCUT2D eigenvalue weighted by Gasteiger charge is -2.07. The molecule has 7 aromatic rings. The van der Waals surface area contributed by atoms with Gasteiger partial charge in [0.25, 0.3) is 0 Å². The molecule has 3 heterocycles. The molecule has 0 unspecified atom stereocenters. The fourth-order valence-corrected chi connectivity index (χ4v) is 6.60. The standard InChI is InChI=1S/C31H18ClN3S2/c32-31-34-29(21-16-14-20(15-17-21)19-7-2-1-3-8-19)33-30(35-31)24-11-4-10-23-27-22(25-13-6-18-36-25)9-5-12-26(27)37-28(23)24/h1-18H/i1D,2D,3D,7D,8D. The maximum Gasteiger partial charge on any atom is 0.226 e. The fraction of sp³-hybridized carbons (Fsp3) is 0. The Kier molecular flexibility index (Phi) is 4.36. The van der Waals surface area contributed by atoms with Gasteiger partial charge in [-0.2, -0.15) is 9.97 Å². The predicted molar refractivity (Wildman–Crippen MR) is 157 cm³/mol. The minimum Gasteiger partial charge on any atom is -0.208 e. The molecule has 0 fully saturated rings. The lowest BCUT2D eigenvalue weighted by Crippen LogP contribution is -1.97. The van der Waals surface area contributed by atoms with Crippen LogP contribution in [0.4, 0.5) is 0 Å². The highest BCUT2D eigenvalue weighted by Gasteiger charge is 2.17. The van der Waals surface area contributed by atoms with Crippen molar-refractivity contribution in [3.63, 3.8) is 0 Å². The Balaban J connectivity index is 1.33. The second-order valence-corrected chi connectivity index (χ2v) is 10.6. The molecule has 3 aromatic heterocycles. The molecular weight excluding hydrogens is 514 g/mol. The van der Waals surface area contributed by atoms with Gasteiger partial charge in [0.2, 0.25) is 5.28 Å². The molecule has 7 rings (SSSR count). The van der Waals surface area contributed by atoms with E-state index in [1.54, 1.807) is 46.9 Å². The molecule has 0 amide bonds. The van der Waals surface area contributed by atoms with Gasteiger partial charge in [0.05, 0.1) is 6.85 Å². The molecule has 176 valence electrons. The molecule has 0 spiro atoms. The summed E-state index contributed by atoms with van der Waals surface area (Å²) in [5.74, 6) is 0.824. The van der Waals surface area contributed by atoms with E-state index in [2.05, 4.69) is 51.7 Å². The molecule has 4 aromatic carbocycles. The van der Waals surface area contributed by atoms with E-state index in [0.717, 1.165) is 15.6 Å². The van der Waals surface area contributed by atoms with Crippen molar-refractivity contribution in [1.29, 1.82) is 0 Å². The van der Waals surface area contributed by atoms with Gasteiger partial charge >= 0.3 is 0 Å². The van der Waals surface area contributed by atoms with Gasteiger partial charge in [-0.1, -0.05) is 84.8 Å². The summed E-state index contributed by atoms with van der Waals surface area (Å²) in [6.45, 7) is 0. The third-order valence-corrected chi connectivity index (χ3v) is 8.37. The number of fused-ring (bicyclic) bond motifs is 3. The van der Waals surface area contributed by atoms with Gasteiger partial charge in [-0.25, -0.2) is 4.98 Å². The van der Waals surface area contributed by atoms with Crippen LogP contribution < -0.4 is 0 Å². The number of aromatic nitrogens is 3. The first-order chi connectivity index (χ1) is 20.3. The molecule has 0 aliphatic heterocycles. The summed E-state index contributed by atoms with van der Waals surface area (Å²) < 4.78 is 42.6. The van der Waals surface area contributed by atoms with E-state index in [1.807, 2.05) is 12.1 Å². The maximum atomic E-state index is 8.28. The van der Waals surface area contributed by atoms with Gasteiger partial charge in [-0.3, -0.25) is 0 Å². The first kappa shape index (κ1) is 17.5. The summed E-state index contributed by atoms with van der Waals surface area (Å²) in [4.78, 5) is 14.8. The predicted octanol–water partition coefficient (Wildman–Crippen LogP) is 9.62. The fourth-order valence-electron chi connectivity index (χ4n) is 4.44. The average Bonchev–Trinajstić information content (AvgIpc) is 3.68. The highest BCUT2D eigenvalue weighted by Crippen LogP contribution is 2.44. The van der Waals surface area contributed by atoms with Gasteiger partial charge in [-0.05, 0) is 46.3 Å². The van der Waals surface area contributed by atoms with Gasteiger partial charge < -0.3 is 0 Å². The van der Waals surface area contributed by atoms with Crippen LogP contribution in [0.3, 0.4) is 0 Å². The molecule has 0 bridgehead atoms. The van der Waals surface area contributed by atoms with Crippen LogP contribution in [-0.4, -0.2) is 15.0 Å². The molecule has 0 N–H and O–H groups in total. The molecule has 0 aliphatic carbocycles. The lowest BCUT2D eigenvalue weighted by atomic mass is 10.0. The number of hydrogen-bond donors (Lipinski definition) is 0. The number of rotatable bonds is 4. The topological polar surface area (TPSA) is 38.7 Å². The van der Waals surface area contributed by atoms with E-state index in [9.17, 15) is 0 Å². The van der Waals surface area contributed by atoms with E-state index in [4.69, 9.17) is 23.4 Å². The zero-order valence-corrected chi connectivity index (χ0v) is 21.4. The minimum absolute atomic E-state index is 0.0575. The van der Waals surface area contributed by atoms with Crippen LogP contribution in [-0.2, 0) is 0 Å². The second-order valence-electron chi connectivity index (χ2n) is 8.27. The van der Waals surface area contributed by atoms with E-state index in [-0.39, 0.29) is 35.0 Å². The number of thiophene rings is 2. The first-order valence-corrected chi connectivity index (χ1v) is 13.5. The van der Waals surface area contributed by atoms with E-state index >= 15 is 0 Å². The lowest BCUT2D eigenvalue weighted by molar-refractivity contribution is 1.07. The Morgan fingerprint density at radius 1 is 0.676 bits per heavy atom. The summed E-state index contributed by atoms with van der Waals surface area (Å²) in [6, 6.07) is 21.9. The van der Waals surface area contributed by atoms with Crippen molar-refractivity contribution >= 4 is 54.4 Å². The Bertz CT molecular complexity index is 2130. The molecule has 0 saturated carbocycles. The van der Waals surface area contributed by atoms with Gasteiger partial charge in [-0.15, -0.1) is 22.7 Å². The Morgan fingerprint density at radius 2 is 1.43 bits per heavy atom. The van der Waals surface area contributed by atoms with Crippen molar-refractivity contribution in [3.8, 4) is 44.3 Å². The zero-order chi connectivity index (χ0) is 29.1. The van der Waals surface area contributed by atoms with Crippen molar-refractivity contribution in [1.82, 2.24) is 15.0 Å². The first-order valence-electron chi connectivity index (χ1n) is 13.9. The van der Waals surface area contributed by atoms with Crippen LogP contribution in [0.25, 0.3) is 64.5 Å². The summed E-state index contributed by atoms with van der Waals surface area (Å²) >= 11 is 9.83. The number of hydrogen-bond acceptors (Lipinski definition) is 5. The monoisotopic (exact) mass is 536 g/mol. The largest absolute Gasteiger partial charge is 0.226 e. The highest BCUT2D eigenvalue weighted by atomic mass is 35.5. The van der Waals surface area contributed by atoms with Crippen molar-refractivity contribution in [2.45, 2.75) is 0 Å². The normalized spacial score (nSPS) is 13.3. The molecule has 3 nitrogen and oxygen atoms in total. The van der Waals surface area contributed by atoms with E-state index in [0.29, 0.717) is 22.8 Å². The van der Waals surface area contributed by atoms with Crippen LogP contribution in [0.15, 0.2) is 108 Å². The summed E-state index contributed by atoms with van der Waals surface area (Å²) in [7, 11) is 0. The molecule has 0 radical (unpaired) electrons. The number of nitrogens with zero attached hydrogens (tertiary/aromatic N) is 3. The van der Waals surface area contributed by atoms with Crippen LogP contribution in [0.1, 0.15) is 6.85 Å². The van der Waals surface area contributed by atoms with Crippen LogP contribution in [0.2, 0.25) is 5.28 Å². The molecule has 6 heteroatoms. The Labute approximate surface area is 233 Å². The zero-order valence-electron chi connectivity index (χ0n) is 24.0. The summed E-state index contributed by atoms with van der Waals surface area (Å²) in [5, 5.41) is 4.46. The van der Waals surface area contributed by atoms with Gasteiger partial charge in [0, 0.05) is 41.7 Å². The van der Waals surface area contributed by atoms with Crippen LogP contribution >= 0.6 is 34.3 Å². The SMILES string of the molecule is [2H]c1c([2H])c([2H])c(-c2ccc(-c3nc(Cl)nc(-c4cccc5c4sc4cccc(-c6cccs6)c45)n3)cc2)c([2H])c1[2H]. The third kappa shape index (κ3) is 4.02. The van der Waals surface area contributed by atoms with E-state index < -0.39 is 6.04 Å². The van der Waals surface area contributed by atoms with Crippen molar-refractivity contribution in [2.24, 2.45) is 0 Å². The quantitative estimate of drug-likeness (QED) is 0.225. The van der Waals surface area contributed by atoms with Crippen molar-refractivity contribution in [2.75, 3.05) is 0 Å². The second kappa shape index (κ2) is 9.20. The summed E-state index contributed by atoms with van der Waals surface area (Å²) in [5.41, 5.74) is 3.33. The van der Waals surface area contributed by atoms with Crippen molar-refractivity contribution in [3.05, 3.63) is 114 Å². The van der Waals surface area contributed by atoms with Gasteiger partial charge in [0.15, 0.2) is 11.6 Å². The van der Waals surface area contributed by atoms with Crippen LogP contribution in [0, 0.1) is 0 Å². The molecule has 37 heavy (non-hydrogen) atoms. The maximum absolute atomic E-state index is 8.28. The number of halogens is 1. The Morgan fingerprint density at radius 3 is 2.24 bits per heavy atom. The number of benzene rings is 4. The van der Waals surface area contributed by atoms with Crippen LogP contribution in [0.5, 0.6) is 0 Å². The van der Waals surface area contributed by atoms with Gasteiger partial charge in [0.1, 0.15) is 0 Å². The minimum atomic E-state index is -0.422. The average molecular weight is 537 g/mol. The van der Waals surface area contributed by atoms with Crippen molar-refractivity contribution < 1.29 is 6.85 Å². The smallest absolute Gasteiger partial charge is 0.208 e. The van der Waals surface area contributed by atoms with E-state index in [1.165, 1.54) is 20.5 Å². The molecule has 0 saturated heterocycles. The molecule has 0 aliphatic rings. The molecular formula is C31H18ClN3S2. The third-order valence-electron chi connectivity index (χ3n) is 6.09. The molecule has 0 atom stereocenters.